The maximum absolute atomic E-state index is 10.5. The van der Waals surface area contributed by atoms with Crippen LogP contribution in [0.4, 0.5) is 0 Å². The van der Waals surface area contributed by atoms with Gasteiger partial charge in [-0.15, -0.1) is 0 Å². The van der Waals surface area contributed by atoms with Crippen LogP contribution in [-0.4, -0.2) is 12.2 Å². The SMILES string of the molecule is COc1c(C)cc(Br)c(C)c1C(O)C1CCC1. The first kappa shape index (κ1) is 12.9. The minimum atomic E-state index is -0.394. The third-order valence-electron chi connectivity index (χ3n) is 3.80. The number of aliphatic hydroxyl groups excluding tert-OH is 1. The van der Waals surface area contributed by atoms with Gasteiger partial charge in [-0.05, 0) is 49.8 Å². The third kappa shape index (κ3) is 2.23. The van der Waals surface area contributed by atoms with Crippen molar-refractivity contribution in [1.82, 2.24) is 0 Å². The Balaban J connectivity index is 2.48. The zero-order chi connectivity index (χ0) is 12.6. The van der Waals surface area contributed by atoms with Gasteiger partial charge in [0, 0.05) is 10.0 Å². The molecule has 1 N–H and O–H groups in total. The van der Waals surface area contributed by atoms with Crippen molar-refractivity contribution < 1.29 is 9.84 Å². The average molecular weight is 299 g/mol. The molecule has 1 aromatic carbocycles. The Hall–Kier alpha value is -0.540. The molecule has 1 aliphatic rings. The van der Waals surface area contributed by atoms with Crippen LogP contribution in [0.25, 0.3) is 0 Å². The molecule has 0 aromatic heterocycles. The summed E-state index contributed by atoms with van der Waals surface area (Å²) in [6, 6.07) is 2.05. The number of rotatable bonds is 3. The molecule has 1 saturated carbocycles. The van der Waals surface area contributed by atoms with Crippen molar-refractivity contribution in [2.45, 2.75) is 39.2 Å². The van der Waals surface area contributed by atoms with Crippen molar-refractivity contribution in [3.8, 4) is 5.75 Å². The lowest BCUT2D eigenvalue weighted by Gasteiger charge is -2.32. The van der Waals surface area contributed by atoms with Gasteiger partial charge in [0.25, 0.3) is 0 Å². The molecule has 94 valence electrons. The van der Waals surface area contributed by atoms with E-state index in [1.165, 1.54) is 6.42 Å². The number of ether oxygens (including phenoxy) is 1. The summed E-state index contributed by atoms with van der Waals surface area (Å²) in [6.45, 7) is 4.04. The van der Waals surface area contributed by atoms with E-state index >= 15 is 0 Å². The molecule has 1 fully saturated rings. The van der Waals surface area contributed by atoms with Gasteiger partial charge in [-0.3, -0.25) is 0 Å². The van der Waals surface area contributed by atoms with E-state index in [9.17, 15) is 5.11 Å². The first-order chi connectivity index (χ1) is 8.06. The fourth-order valence-corrected chi connectivity index (χ4v) is 3.05. The fourth-order valence-electron chi connectivity index (χ4n) is 2.49. The molecule has 1 atom stereocenters. The van der Waals surface area contributed by atoms with Crippen LogP contribution in [0.3, 0.4) is 0 Å². The molecule has 2 rings (SSSR count). The quantitative estimate of drug-likeness (QED) is 0.917. The smallest absolute Gasteiger partial charge is 0.127 e. The monoisotopic (exact) mass is 298 g/mol. The molecule has 0 heterocycles. The van der Waals surface area contributed by atoms with Crippen molar-refractivity contribution >= 4 is 15.9 Å². The first-order valence-corrected chi connectivity index (χ1v) is 6.87. The van der Waals surface area contributed by atoms with Crippen molar-refractivity contribution in [2.75, 3.05) is 7.11 Å². The Morgan fingerprint density at radius 3 is 2.53 bits per heavy atom. The highest BCUT2D eigenvalue weighted by Gasteiger charge is 2.31. The number of aryl methyl sites for hydroxylation is 1. The van der Waals surface area contributed by atoms with Crippen molar-refractivity contribution in [2.24, 2.45) is 5.92 Å². The van der Waals surface area contributed by atoms with Crippen LogP contribution in [0.5, 0.6) is 5.75 Å². The molecule has 1 aliphatic carbocycles. The molecule has 17 heavy (non-hydrogen) atoms. The van der Waals surface area contributed by atoms with E-state index in [0.29, 0.717) is 5.92 Å². The van der Waals surface area contributed by atoms with Gasteiger partial charge in [0.05, 0.1) is 13.2 Å². The summed E-state index contributed by atoms with van der Waals surface area (Å²) in [6.07, 6.45) is 3.08. The van der Waals surface area contributed by atoms with Crippen LogP contribution >= 0.6 is 15.9 Å². The van der Waals surface area contributed by atoms with E-state index in [2.05, 4.69) is 15.9 Å². The molecule has 2 nitrogen and oxygen atoms in total. The van der Waals surface area contributed by atoms with Gasteiger partial charge >= 0.3 is 0 Å². The number of benzene rings is 1. The predicted octanol–water partition coefficient (Wildman–Crippen LogP) is 3.91. The van der Waals surface area contributed by atoms with Crippen molar-refractivity contribution in [3.63, 3.8) is 0 Å². The normalized spacial score (nSPS) is 17.7. The zero-order valence-corrected chi connectivity index (χ0v) is 12.2. The highest BCUT2D eigenvalue weighted by Crippen LogP contribution is 2.44. The molecular weight excluding hydrogens is 280 g/mol. The summed E-state index contributed by atoms with van der Waals surface area (Å²) >= 11 is 3.55. The maximum Gasteiger partial charge on any atom is 0.127 e. The van der Waals surface area contributed by atoms with Crippen molar-refractivity contribution in [1.29, 1.82) is 0 Å². The standard InChI is InChI=1S/C14H19BrO2/c1-8-7-11(15)9(2)12(14(8)17-3)13(16)10-5-4-6-10/h7,10,13,16H,4-6H2,1-3H3. The third-order valence-corrected chi connectivity index (χ3v) is 4.63. The lowest BCUT2D eigenvalue weighted by atomic mass is 9.77. The second-order valence-electron chi connectivity index (χ2n) is 4.88. The lowest BCUT2D eigenvalue weighted by Crippen LogP contribution is -2.21. The predicted molar refractivity (Wildman–Crippen MR) is 72.5 cm³/mol. The molecule has 1 aromatic rings. The molecule has 0 aliphatic heterocycles. The largest absolute Gasteiger partial charge is 0.496 e. The number of halogens is 1. The van der Waals surface area contributed by atoms with Crippen molar-refractivity contribution in [3.05, 3.63) is 27.2 Å². The highest BCUT2D eigenvalue weighted by atomic mass is 79.9. The molecule has 0 spiro atoms. The second kappa shape index (κ2) is 4.99. The van der Waals surface area contributed by atoms with Crippen LogP contribution in [0, 0.1) is 19.8 Å². The summed E-state index contributed by atoms with van der Waals surface area (Å²) in [7, 11) is 1.67. The van der Waals surface area contributed by atoms with E-state index in [0.717, 1.165) is 39.8 Å². The summed E-state index contributed by atoms with van der Waals surface area (Å²) in [5, 5.41) is 10.5. The summed E-state index contributed by atoms with van der Waals surface area (Å²) in [4.78, 5) is 0. The first-order valence-electron chi connectivity index (χ1n) is 6.08. The Labute approximate surface area is 111 Å². The topological polar surface area (TPSA) is 29.5 Å². The van der Waals surface area contributed by atoms with Gasteiger partial charge in [-0.1, -0.05) is 22.4 Å². The lowest BCUT2D eigenvalue weighted by molar-refractivity contribution is 0.0594. The molecule has 0 amide bonds. The van der Waals surface area contributed by atoms with Crippen LogP contribution in [-0.2, 0) is 0 Å². The minimum absolute atomic E-state index is 0.394. The van der Waals surface area contributed by atoms with E-state index in [1.807, 2.05) is 19.9 Å². The van der Waals surface area contributed by atoms with Gasteiger partial charge in [0.1, 0.15) is 5.75 Å². The molecule has 0 radical (unpaired) electrons. The minimum Gasteiger partial charge on any atom is -0.496 e. The van der Waals surface area contributed by atoms with Crippen LogP contribution in [0.1, 0.15) is 42.1 Å². The number of hydrogen-bond donors (Lipinski definition) is 1. The van der Waals surface area contributed by atoms with Gasteiger partial charge in [-0.2, -0.15) is 0 Å². The molecule has 1 unspecified atom stereocenters. The van der Waals surface area contributed by atoms with E-state index in [1.54, 1.807) is 7.11 Å². The summed E-state index contributed by atoms with van der Waals surface area (Å²) in [5.74, 6) is 1.24. The Kier molecular flexibility index (Phi) is 3.79. The molecule has 0 saturated heterocycles. The van der Waals surface area contributed by atoms with Gasteiger partial charge in [0.2, 0.25) is 0 Å². The van der Waals surface area contributed by atoms with E-state index in [-0.39, 0.29) is 0 Å². The maximum atomic E-state index is 10.5. The Bertz CT molecular complexity index is 425. The number of hydrogen-bond acceptors (Lipinski definition) is 2. The van der Waals surface area contributed by atoms with Crippen LogP contribution in [0.2, 0.25) is 0 Å². The summed E-state index contributed by atoms with van der Waals surface area (Å²) in [5.41, 5.74) is 3.12. The second-order valence-corrected chi connectivity index (χ2v) is 5.74. The summed E-state index contributed by atoms with van der Waals surface area (Å²) < 4.78 is 6.52. The Morgan fingerprint density at radius 1 is 1.41 bits per heavy atom. The molecular formula is C14H19BrO2. The van der Waals surface area contributed by atoms with Gasteiger partial charge in [0.15, 0.2) is 0 Å². The van der Waals surface area contributed by atoms with E-state index in [4.69, 9.17) is 4.74 Å². The van der Waals surface area contributed by atoms with Crippen LogP contribution in [0.15, 0.2) is 10.5 Å². The highest BCUT2D eigenvalue weighted by molar-refractivity contribution is 9.10. The fraction of sp³-hybridized carbons (Fsp3) is 0.571. The van der Waals surface area contributed by atoms with Gasteiger partial charge in [-0.25, -0.2) is 0 Å². The average Bonchev–Trinajstić information content (AvgIpc) is 2.20. The van der Waals surface area contributed by atoms with Crippen LogP contribution < -0.4 is 4.74 Å². The number of methoxy groups -OCH3 is 1. The van der Waals surface area contributed by atoms with E-state index < -0.39 is 6.10 Å². The molecule has 0 bridgehead atoms. The molecule has 3 heteroatoms. The zero-order valence-electron chi connectivity index (χ0n) is 10.6. The Morgan fingerprint density at radius 2 is 2.06 bits per heavy atom. The van der Waals surface area contributed by atoms with Gasteiger partial charge < -0.3 is 9.84 Å². The number of aliphatic hydroxyl groups is 1.